The lowest BCUT2D eigenvalue weighted by Gasteiger charge is -2.14. The highest BCUT2D eigenvalue weighted by Crippen LogP contribution is 2.47. The molecule has 8 nitrogen and oxygen atoms in total. The molecule has 31 aromatic rings. The third kappa shape index (κ3) is 14.7. The zero-order chi connectivity index (χ0) is 98.8. The van der Waals surface area contributed by atoms with Gasteiger partial charge in [0, 0.05) is 111 Å². The van der Waals surface area contributed by atoms with Crippen molar-refractivity contribution in [3.05, 3.63) is 558 Å². The average Bonchev–Trinajstić information content (AvgIpc) is 1.46. The Morgan fingerprint density at radius 1 is 0.100 bits per heavy atom. The molecule has 0 fully saturated rings. The minimum Gasteiger partial charge on any atom is -0.309 e. The molecule has 0 N–H and O–H groups in total. The Kier molecular flexibility index (Phi) is 20.8. The first-order valence-corrected chi connectivity index (χ1v) is 51.4. The molecule has 31 rings (SSSR count). The Morgan fingerprint density at radius 2 is 0.313 bits per heavy atom. The van der Waals surface area contributed by atoms with Crippen LogP contribution < -0.4 is 0 Å². The number of para-hydroxylation sites is 7. The van der Waals surface area contributed by atoms with Gasteiger partial charge < -0.3 is 18.3 Å². The van der Waals surface area contributed by atoms with Crippen LogP contribution in [0.25, 0.3) is 275 Å². The van der Waals surface area contributed by atoms with Crippen LogP contribution in [0.3, 0.4) is 0 Å². The largest absolute Gasteiger partial charge is 0.309 e. The number of aromatic nitrogens is 8. The number of hydrogen-bond donors (Lipinski definition) is 0. The zero-order valence-corrected chi connectivity index (χ0v) is 81.7. The summed E-state index contributed by atoms with van der Waals surface area (Å²) in [5.74, 6) is 0. The minimum atomic E-state index is 0.969. The first-order chi connectivity index (χ1) is 74.4. The summed E-state index contributed by atoms with van der Waals surface area (Å²) in [5, 5.41) is 22.4. The lowest BCUT2D eigenvalue weighted by molar-refractivity contribution is 1.14. The molecule has 0 aliphatic rings. The summed E-state index contributed by atoms with van der Waals surface area (Å²) in [5.41, 5.74) is 37.5. The average molecular weight is 1910 g/mol. The fourth-order valence-electron chi connectivity index (χ4n) is 23.7. The van der Waals surface area contributed by atoms with Crippen LogP contribution in [0.2, 0.25) is 0 Å². The second kappa shape index (κ2) is 36.1. The van der Waals surface area contributed by atoms with Crippen LogP contribution in [0.15, 0.2) is 558 Å². The number of pyridine rings is 2. The maximum atomic E-state index is 4.81. The molecule has 700 valence electrons. The molecule has 8 heterocycles. The summed E-state index contributed by atoms with van der Waals surface area (Å²) >= 11 is 0. The summed E-state index contributed by atoms with van der Waals surface area (Å²) in [6.45, 7) is 0. The summed E-state index contributed by atoms with van der Waals surface area (Å²) < 4.78 is 14.2. The molecule has 0 saturated heterocycles. The van der Waals surface area contributed by atoms with Gasteiger partial charge in [-0.3, -0.25) is 9.13 Å². The van der Waals surface area contributed by atoms with Crippen molar-refractivity contribution in [3.8, 4) is 112 Å². The van der Waals surface area contributed by atoms with Crippen LogP contribution in [-0.4, -0.2) is 37.4 Å². The van der Waals surface area contributed by atoms with E-state index in [1.807, 2.05) is 24.5 Å². The first kappa shape index (κ1) is 86.6. The van der Waals surface area contributed by atoms with E-state index in [1.165, 1.54) is 220 Å². The van der Waals surface area contributed by atoms with Crippen LogP contribution in [0.1, 0.15) is 0 Å². The molecule has 8 heteroatoms. The van der Waals surface area contributed by atoms with Gasteiger partial charge in [0.2, 0.25) is 0 Å². The van der Waals surface area contributed by atoms with Crippen LogP contribution in [0.5, 0.6) is 0 Å². The van der Waals surface area contributed by atoms with E-state index in [0.29, 0.717) is 0 Å². The Labute approximate surface area is 864 Å². The highest BCUT2D eigenvalue weighted by molar-refractivity contribution is 6.26. The van der Waals surface area contributed by atoms with Crippen molar-refractivity contribution in [2.24, 2.45) is 0 Å². The number of fused-ring (bicyclic) bond motifs is 24. The quantitative estimate of drug-likeness (QED) is 0.108. The topological polar surface area (TPSA) is 55.4 Å². The molecule has 0 amide bonds. The molecule has 0 radical (unpaired) electrons. The third-order valence-electron chi connectivity index (χ3n) is 30.6. The van der Waals surface area contributed by atoms with Gasteiger partial charge in [0.1, 0.15) is 11.3 Å². The summed E-state index contributed by atoms with van der Waals surface area (Å²) in [7, 11) is 0. The second-order valence-corrected chi connectivity index (χ2v) is 39.1. The fourth-order valence-corrected chi connectivity index (χ4v) is 23.7. The molecule has 0 spiro atoms. The van der Waals surface area contributed by atoms with Gasteiger partial charge in [0.05, 0.1) is 55.2 Å². The van der Waals surface area contributed by atoms with Gasteiger partial charge in [-0.1, -0.05) is 340 Å². The standard InChI is InChI=1S/C48H32N2.C47H29N3.C47H31N3/c1-4-14-33(15-5-1)37-28-38(34-16-6-2-7-17-34)30-40(29-37)50-46-23-13-11-21-42(46)44-32-36(25-27-48(44)50)35-24-26-47-43(31-35)41-20-10-12-22-45(41)49(47)39-18-8-3-9-19-39;1-2-11-32(12-3-1)50-46-25-21-31(28-43(46)40-18-10-26-48-47(40)50)30-20-24-45-42(27-30)39-17-8-9-19-44(39)49(45)33-22-23-38-36-15-5-4-13-34(36)35-14-6-7-16-37(35)41(38)29-33;1-4-13-32(14-5-1)36-27-37(33-15-6-2-7-16-33)29-39(28-36)49-44-21-11-10-19-40(44)42-30-34(22-24-45(42)49)35-23-25-46-43(31-35)41-20-12-26-48-47(41)50(46)38-17-8-3-9-18-38/h1-32H;1-29H;1-31H. The van der Waals surface area contributed by atoms with E-state index in [1.54, 1.807) is 0 Å². The minimum absolute atomic E-state index is 0.969. The molecule has 150 heavy (non-hydrogen) atoms. The van der Waals surface area contributed by atoms with Crippen LogP contribution in [0, 0.1) is 0 Å². The van der Waals surface area contributed by atoms with Gasteiger partial charge in [-0.15, -0.1) is 0 Å². The van der Waals surface area contributed by atoms with Crippen LogP contribution >= 0.6 is 0 Å². The smallest absolute Gasteiger partial charge is 0.145 e. The van der Waals surface area contributed by atoms with Gasteiger partial charge >= 0.3 is 0 Å². The van der Waals surface area contributed by atoms with Crippen molar-refractivity contribution in [3.63, 3.8) is 0 Å². The first-order valence-electron chi connectivity index (χ1n) is 51.4. The van der Waals surface area contributed by atoms with Gasteiger partial charge in [0.25, 0.3) is 0 Å². The Bertz CT molecular complexity index is 10200. The van der Waals surface area contributed by atoms with Crippen molar-refractivity contribution >= 4 is 163 Å². The van der Waals surface area contributed by atoms with E-state index in [-0.39, 0.29) is 0 Å². The van der Waals surface area contributed by atoms with E-state index in [4.69, 9.17) is 9.97 Å². The second-order valence-electron chi connectivity index (χ2n) is 39.1. The maximum absolute atomic E-state index is 4.81. The number of nitrogens with zero attached hydrogens (tertiary/aromatic N) is 8. The van der Waals surface area contributed by atoms with Crippen molar-refractivity contribution in [1.29, 1.82) is 0 Å². The predicted octanol–water partition coefficient (Wildman–Crippen LogP) is 37.6. The highest BCUT2D eigenvalue weighted by atomic mass is 15.1. The van der Waals surface area contributed by atoms with E-state index in [2.05, 4.69) is 561 Å². The van der Waals surface area contributed by atoms with Crippen molar-refractivity contribution in [1.82, 2.24) is 37.4 Å². The van der Waals surface area contributed by atoms with Gasteiger partial charge in [0.15, 0.2) is 0 Å². The number of rotatable bonds is 13. The molecule has 0 bridgehead atoms. The van der Waals surface area contributed by atoms with Gasteiger partial charge in [-0.25, -0.2) is 9.97 Å². The highest BCUT2D eigenvalue weighted by Gasteiger charge is 2.25. The lowest BCUT2D eigenvalue weighted by atomic mass is 9.94. The maximum Gasteiger partial charge on any atom is 0.145 e. The van der Waals surface area contributed by atoms with Crippen molar-refractivity contribution < 1.29 is 0 Å². The number of hydrogen-bond acceptors (Lipinski definition) is 2. The van der Waals surface area contributed by atoms with Crippen molar-refractivity contribution in [2.75, 3.05) is 0 Å². The molecular formula is C142H92N8. The molecule has 0 atom stereocenters. The van der Waals surface area contributed by atoms with E-state index in [9.17, 15) is 0 Å². The monoisotopic (exact) mass is 1910 g/mol. The van der Waals surface area contributed by atoms with Gasteiger partial charge in [-0.2, -0.15) is 0 Å². The predicted molar refractivity (Wildman–Crippen MR) is 632 cm³/mol. The van der Waals surface area contributed by atoms with E-state index in [0.717, 1.165) is 55.8 Å². The van der Waals surface area contributed by atoms with E-state index < -0.39 is 0 Å². The molecular weight excluding hydrogens is 1820 g/mol. The van der Waals surface area contributed by atoms with E-state index >= 15 is 0 Å². The Hall–Kier alpha value is -20.1. The normalized spacial score (nSPS) is 11.7. The van der Waals surface area contributed by atoms with Crippen LogP contribution in [0.4, 0.5) is 0 Å². The molecule has 23 aromatic carbocycles. The molecule has 0 saturated carbocycles. The van der Waals surface area contributed by atoms with Crippen molar-refractivity contribution in [2.45, 2.75) is 0 Å². The van der Waals surface area contributed by atoms with Crippen LogP contribution in [-0.2, 0) is 0 Å². The molecule has 0 aliphatic heterocycles. The molecule has 0 aliphatic carbocycles. The Balaban J connectivity index is 0.000000106. The summed E-state index contributed by atoms with van der Waals surface area (Å²) in [6.07, 6.45) is 3.76. The SMILES string of the molecule is c1ccc(-c2cc(-c3ccccc3)cc(-n3c4ccccc4c4cc(-c5ccc6c(c5)c5ccccc5n6-c5ccccc5)ccc43)c2)cc1.c1ccc(-c2cc(-c3ccccc3)cc(-n3c4ccccc4c4cc(-c5ccc6c(c5)c5cccnc5n6-c5ccccc5)ccc43)c2)cc1.c1ccc(-n2c3ccc(-c4ccc5c(c4)c4ccccc4n5-c4ccc5c6ccccc6c6ccccc6c5c4)cc3c3cccnc32)cc1. The van der Waals surface area contributed by atoms with Gasteiger partial charge in [-0.05, 0) is 316 Å². The third-order valence-corrected chi connectivity index (χ3v) is 30.6. The molecule has 0 unspecified atom stereocenters. The lowest BCUT2D eigenvalue weighted by Crippen LogP contribution is -1.96. The zero-order valence-electron chi connectivity index (χ0n) is 81.7. The molecule has 8 aromatic heterocycles. The summed E-state index contributed by atoms with van der Waals surface area (Å²) in [6, 6.07) is 198. The Morgan fingerprint density at radius 3 is 0.613 bits per heavy atom. The summed E-state index contributed by atoms with van der Waals surface area (Å²) in [4.78, 5) is 9.63. The fraction of sp³-hybridized carbons (Fsp3) is 0. The number of benzene rings is 23.